The molecule has 2 amide bonds. The number of hydrogen-bond donors (Lipinski definition) is 0. The Morgan fingerprint density at radius 1 is 1.03 bits per heavy atom. The van der Waals surface area contributed by atoms with E-state index in [9.17, 15) is 14.9 Å². The number of ether oxygens (including phenoxy) is 2. The first-order valence-electron chi connectivity index (χ1n) is 12.5. The molecular weight excluding hydrogens is 452 g/mol. The Hall–Kier alpha value is -3.69. The molecule has 0 radical (unpaired) electrons. The first kappa shape index (κ1) is 22.8. The quantitative estimate of drug-likeness (QED) is 0.468. The van der Waals surface area contributed by atoms with Gasteiger partial charge in [-0.3, -0.25) is 9.59 Å². The van der Waals surface area contributed by atoms with Gasteiger partial charge in [0.05, 0.1) is 47.0 Å². The molecule has 3 aromatic carbocycles. The molecule has 4 atom stereocenters. The molecule has 3 heterocycles. The summed E-state index contributed by atoms with van der Waals surface area (Å²) in [4.78, 5) is 29.2. The summed E-state index contributed by atoms with van der Waals surface area (Å²) < 4.78 is 12.7. The molecule has 3 aliphatic rings. The smallest absolute Gasteiger partial charge is 0.240 e. The fourth-order valence-electron chi connectivity index (χ4n) is 6.62. The molecule has 6 nitrogen and oxygen atoms in total. The number of nitrogens with zero attached hydrogens (tertiary/aromatic N) is 2. The largest absolute Gasteiger partial charge is 0.493 e. The molecule has 6 rings (SSSR count). The highest BCUT2D eigenvalue weighted by molar-refractivity contribution is 6.26. The van der Waals surface area contributed by atoms with Crippen LogP contribution in [0.15, 0.2) is 54.6 Å². The van der Waals surface area contributed by atoms with Gasteiger partial charge in [-0.15, -0.1) is 0 Å². The zero-order valence-corrected chi connectivity index (χ0v) is 20.7. The Morgan fingerprint density at radius 3 is 2.56 bits per heavy atom. The Kier molecular flexibility index (Phi) is 5.00. The van der Waals surface area contributed by atoms with Crippen LogP contribution in [0.5, 0.6) is 5.75 Å². The Bertz CT molecular complexity index is 1470. The summed E-state index contributed by atoms with van der Waals surface area (Å²) in [6.45, 7) is 6.42. The number of rotatable bonds is 5. The van der Waals surface area contributed by atoms with Gasteiger partial charge >= 0.3 is 0 Å². The molecule has 0 aromatic heterocycles. The summed E-state index contributed by atoms with van der Waals surface area (Å²) in [7, 11) is 0. The zero-order chi connectivity index (χ0) is 25.2. The van der Waals surface area contributed by atoms with E-state index in [-0.39, 0.29) is 11.8 Å². The lowest BCUT2D eigenvalue weighted by Gasteiger charge is -2.31. The average Bonchev–Trinajstić information content (AvgIpc) is 3.45. The minimum absolute atomic E-state index is 0.209. The number of aryl methyl sites for hydroxylation is 2. The molecule has 0 saturated carbocycles. The molecule has 0 N–H and O–H groups in total. The lowest BCUT2D eigenvalue weighted by atomic mass is 9.67. The van der Waals surface area contributed by atoms with E-state index in [0.29, 0.717) is 24.3 Å². The van der Waals surface area contributed by atoms with Crippen molar-refractivity contribution in [2.45, 2.75) is 51.2 Å². The number of hydrogen-bond acceptors (Lipinski definition) is 5. The van der Waals surface area contributed by atoms with Crippen LogP contribution in [-0.4, -0.2) is 29.6 Å². The molecule has 6 heteroatoms. The van der Waals surface area contributed by atoms with Gasteiger partial charge in [0.2, 0.25) is 11.8 Å². The van der Waals surface area contributed by atoms with Crippen LogP contribution in [0.4, 0.5) is 5.69 Å². The summed E-state index contributed by atoms with van der Waals surface area (Å²) in [5, 5.41) is 11.0. The molecule has 2 bridgehead atoms. The predicted octanol–water partition coefficient (Wildman–Crippen LogP) is 5.22. The standard InChI is InChI=1S/C30H28N2O4/c1-18-8-9-19(2)24(16-18)35-15-14-30-13-12-29(3,36-30)25-26(30)28(34)32(27(25)33)23-11-10-20(17-31)21-6-4-5-7-22(21)23/h4-11,16,25-26H,12-15H2,1-3H3/t25-,26+,29-,30-/m1/s1. The van der Waals surface area contributed by atoms with Gasteiger partial charge in [0.15, 0.2) is 0 Å². The minimum Gasteiger partial charge on any atom is -0.493 e. The summed E-state index contributed by atoms with van der Waals surface area (Å²) in [6, 6.07) is 19.2. The maximum absolute atomic E-state index is 14.0. The number of anilines is 1. The van der Waals surface area contributed by atoms with Gasteiger partial charge in [0.1, 0.15) is 5.75 Å². The molecule has 36 heavy (non-hydrogen) atoms. The van der Waals surface area contributed by atoms with Crippen LogP contribution in [0.1, 0.15) is 42.9 Å². The predicted molar refractivity (Wildman–Crippen MR) is 136 cm³/mol. The summed E-state index contributed by atoms with van der Waals surface area (Å²) in [5.41, 5.74) is 1.85. The van der Waals surface area contributed by atoms with E-state index >= 15 is 0 Å². The highest BCUT2D eigenvalue weighted by atomic mass is 16.5. The van der Waals surface area contributed by atoms with E-state index in [2.05, 4.69) is 12.1 Å². The van der Waals surface area contributed by atoms with E-state index in [1.807, 2.05) is 57.2 Å². The van der Waals surface area contributed by atoms with Crippen LogP contribution in [0.2, 0.25) is 0 Å². The molecular formula is C30H28N2O4. The molecule has 0 aliphatic carbocycles. The van der Waals surface area contributed by atoms with Gasteiger partial charge in [0.25, 0.3) is 0 Å². The van der Waals surface area contributed by atoms with E-state index in [1.165, 1.54) is 4.90 Å². The summed E-state index contributed by atoms with van der Waals surface area (Å²) >= 11 is 0. The van der Waals surface area contributed by atoms with Crippen LogP contribution < -0.4 is 9.64 Å². The second-order valence-electron chi connectivity index (χ2n) is 10.6. The molecule has 182 valence electrons. The number of benzene rings is 3. The van der Waals surface area contributed by atoms with Crippen molar-refractivity contribution < 1.29 is 19.1 Å². The minimum atomic E-state index is -0.721. The van der Waals surface area contributed by atoms with Crippen molar-refractivity contribution in [1.82, 2.24) is 0 Å². The molecule has 3 aromatic rings. The van der Waals surface area contributed by atoms with Crippen LogP contribution >= 0.6 is 0 Å². The van der Waals surface area contributed by atoms with Gasteiger partial charge in [0, 0.05) is 17.2 Å². The monoisotopic (exact) mass is 480 g/mol. The van der Waals surface area contributed by atoms with Crippen LogP contribution in [0, 0.1) is 37.0 Å². The van der Waals surface area contributed by atoms with Gasteiger partial charge in [-0.2, -0.15) is 5.26 Å². The third-order valence-corrected chi connectivity index (χ3v) is 8.40. The van der Waals surface area contributed by atoms with E-state index in [0.717, 1.165) is 40.5 Å². The van der Waals surface area contributed by atoms with Crippen LogP contribution in [0.25, 0.3) is 10.8 Å². The van der Waals surface area contributed by atoms with Crippen molar-refractivity contribution in [2.24, 2.45) is 11.8 Å². The number of carbonyl (C=O) groups excluding carboxylic acids is 2. The summed E-state index contributed by atoms with van der Waals surface area (Å²) in [5.74, 6) is -0.648. The van der Waals surface area contributed by atoms with E-state index in [4.69, 9.17) is 9.47 Å². The molecule has 3 aliphatic heterocycles. The topological polar surface area (TPSA) is 79.6 Å². The number of nitriles is 1. The van der Waals surface area contributed by atoms with E-state index in [1.54, 1.807) is 12.1 Å². The van der Waals surface area contributed by atoms with Crippen molar-refractivity contribution in [3.8, 4) is 11.8 Å². The zero-order valence-electron chi connectivity index (χ0n) is 20.7. The van der Waals surface area contributed by atoms with Gasteiger partial charge in [-0.05, 0) is 62.9 Å². The molecule has 3 saturated heterocycles. The maximum atomic E-state index is 14.0. The number of fused-ring (bicyclic) bond motifs is 6. The Morgan fingerprint density at radius 2 is 1.78 bits per heavy atom. The number of amides is 2. The fraction of sp³-hybridized carbons (Fsp3) is 0.367. The molecule has 0 unspecified atom stereocenters. The first-order valence-corrected chi connectivity index (χ1v) is 12.5. The SMILES string of the molecule is Cc1ccc(C)c(OCC[C@@]23CC[C@@](C)(O2)[C@H]2C(=O)N(c4ccc(C#N)c5ccccc45)C(=O)[C@H]23)c1. The van der Waals surface area contributed by atoms with Crippen molar-refractivity contribution in [2.75, 3.05) is 11.5 Å². The van der Waals surface area contributed by atoms with Crippen molar-refractivity contribution in [3.05, 3.63) is 71.3 Å². The third-order valence-electron chi connectivity index (χ3n) is 8.40. The highest BCUT2D eigenvalue weighted by Crippen LogP contribution is 2.62. The van der Waals surface area contributed by atoms with Crippen LogP contribution in [-0.2, 0) is 14.3 Å². The Balaban J connectivity index is 1.33. The normalized spacial score (nSPS) is 28.6. The number of carbonyl (C=O) groups is 2. The van der Waals surface area contributed by atoms with Gasteiger partial charge < -0.3 is 9.47 Å². The summed E-state index contributed by atoms with van der Waals surface area (Å²) in [6.07, 6.45) is 2.00. The fourth-order valence-corrected chi connectivity index (χ4v) is 6.62. The lowest BCUT2D eigenvalue weighted by Crippen LogP contribution is -2.43. The molecule has 3 fully saturated rings. The first-order chi connectivity index (χ1) is 17.3. The van der Waals surface area contributed by atoms with Gasteiger partial charge in [-0.1, -0.05) is 36.4 Å². The van der Waals surface area contributed by atoms with Crippen LogP contribution in [0.3, 0.4) is 0 Å². The van der Waals surface area contributed by atoms with Crippen molar-refractivity contribution in [3.63, 3.8) is 0 Å². The second-order valence-corrected chi connectivity index (χ2v) is 10.6. The third kappa shape index (κ3) is 3.12. The molecule has 0 spiro atoms. The van der Waals surface area contributed by atoms with Gasteiger partial charge in [-0.25, -0.2) is 4.90 Å². The Labute approximate surface area is 210 Å². The van der Waals surface area contributed by atoms with Crippen molar-refractivity contribution >= 4 is 28.3 Å². The average molecular weight is 481 g/mol. The second kappa shape index (κ2) is 7.91. The van der Waals surface area contributed by atoms with E-state index < -0.39 is 23.0 Å². The lowest BCUT2D eigenvalue weighted by molar-refractivity contribution is -0.131. The maximum Gasteiger partial charge on any atom is 0.240 e. The number of imide groups is 1. The highest BCUT2D eigenvalue weighted by Gasteiger charge is 2.73. The van der Waals surface area contributed by atoms with Crippen molar-refractivity contribution in [1.29, 1.82) is 5.26 Å².